The van der Waals surface area contributed by atoms with E-state index in [1.807, 2.05) is 25.1 Å². The van der Waals surface area contributed by atoms with E-state index in [1.165, 1.54) is 0 Å². The Bertz CT molecular complexity index is 968. The van der Waals surface area contributed by atoms with Crippen molar-refractivity contribution < 1.29 is 9.59 Å². The van der Waals surface area contributed by atoms with E-state index >= 15 is 0 Å². The van der Waals surface area contributed by atoms with Crippen LogP contribution in [-0.2, 0) is 4.79 Å². The molecule has 1 saturated carbocycles. The number of halogens is 1. The number of fused-ring (bicyclic) bond motifs is 2. The maximum atomic E-state index is 12.7. The highest BCUT2D eigenvalue weighted by atomic mass is 127. The molecule has 2 fully saturated rings. The van der Waals surface area contributed by atoms with Gasteiger partial charge < -0.3 is 10.2 Å². The smallest absolute Gasteiger partial charge is 0.252 e. The Kier molecular flexibility index (Phi) is 4.31. The molecule has 0 radical (unpaired) electrons. The maximum absolute atomic E-state index is 12.7. The van der Waals surface area contributed by atoms with Crippen molar-refractivity contribution in [1.29, 1.82) is 5.26 Å². The third-order valence-corrected chi connectivity index (χ3v) is 5.76. The number of pyridine rings is 1. The standard InChI is InChI=1S/C19H17IN4O2/c1-10-4-15(14-7-12(20)2-3-16(14)23-10)19(26)22-9-18(25)24-13(8-21)5-11-6-17(11)24/h2-4,7,11,13,17H,5-6,9H2,1H3,(H,22,26)/t11-,13+,17+/m1/s1. The summed E-state index contributed by atoms with van der Waals surface area (Å²) in [6, 6.07) is 9.52. The molecule has 26 heavy (non-hydrogen) atoms. The van der Waals surface area contributed by atoms with E-state index in [-0.39, 0.29) is 30.4 Å². The number of carbonyl (C=O) groups is 2. The number of hydrogen-bond donors (Lipinski definition) is 1. The molecule has 3 atom stereocenters. The van der Waals surface area contributed by atoms with Gasteiger partial charge in [-0.1, -0.05) is 0 Å². The molecule has 1 aromatic heterocycles. The highest BCUT2D eigenvalue weighted by molar-refractivity contribution is 14.1. The molecule has 1 saturated heterocycles. The zero-order valence-corrected chi connectivity index (χ0v) is 16.4. The van der Waals surface area contributed by atoms with Crippen LogP contribution < -0.4 is 5.32 Å². The van der Waals surface area contributed by atoms with Crippen molar-refractivity contribution >= 4 is 45.3 Å². The van der Waals surface area contributed by atoms with Crippen molar-refractivity contribution in [3.63, 3.8) is 0 Å². The molecular formula is C19H17IN4O2. The molecule has 6 nitrogen and oxygen atoms in total. The summed E-state index contributed by atoms with van der Waals surface area (Å²) in [4.78, 5) is 31.3. The Morgan fingerprint density at radius 3 is 2.96 bits per heavy atom. The van der Waals surface area contributed by atoms with Crippen molar-refractivity contribution in [2.24, 2.45) is 5.92 Å². The predicted molar refractivity (Wildman–Crippen MR) is 104 cm³/mol. The summed E-state index contributed by atoms with van der Waals surface area (Å²) in [5.41, 5.74) is 2.02. The van der Waals surface area contributed by atoms with Crippen LogP contribution in [0.25, 0.3) is 10.9 Å². The Labute approximate surface area is 164 Å². The normalized spacial score (nSPS) is 23.4. The first kappa shape index (κ1) is 17.2. The van der Waals surface area contributed by atoms with Gasteiger partial charge in [0.15, 0.2) is 0 Å². The highest BCUT2D eigenvalue weighted by Crippen LogP contribution is 2.47. The van der Waals surface area contributed by atoms with Crippen LogP contribution in [0, 0.1) is 27.7 Å². The molecule has 0 bridgehead atoms. The van der Waals surface area contributed by atoms with Crippen LogP contribution in [0.5, 0.6) is 0 Å². The zero-order valence-electron chi connectivity index (χ0n) is 14.2. The summed E-state index contributed by atoms with van der Waals surface area (Å²) >= 11 is 2.20. The van der Waals surface area contributed by atoms with Crippen molar-refractivity contribution in [2.45, 2.75) is 31.8 Å². The number of aromatic nitrogens is 1. The molecule has 0 spiro atoms. The predicted octanol–water partition coefficient (Wildman–Crippen LogP) is 2.39. The van der Waals surface area contributed by atoms with Crippen LogP contribution in [0.2, 0.25) is 0 Å². The third kappa shape index (κ3) is 3.03. The lowest BCUT2D eigenvalue weighted by Crippen LogP contribution is -2.44. The Morgan fingerprint density at radius 2 is 2.19 bits per heavy atom. The molecule has 2 aliphatic rings. The largest absolute Gasteiger partial charge is 0.343 e. The van der Waals surface area contributed by atoms with E-state index < -0.39 is 0 Å². The van der Waals surface area contributed by atoms with Gasteiger partial charge in [0.25, 0.3) is 5.91 Å². The first-order valence-electron chi connectivity index (χ1n) is 8.54. The fourth-order valence-electron chi connectivity index (χ4n) is 3.79. The van der Waals surface area contributed by atoms with Gasteiger partial charge in [-0.05, 0) is 72.5 Å². The minimum absolute atomic E-state index is 0.0903. The average Bonchev–Trinajstić information content (AvgIpc) is 3.28. The molecule has 2 aromatic rings. The van der Waals surface area contributed by atoms with E-state index in [1.54, 1.807) is 11.0 Å². The molecule has 7 heteroatoms. The Balaban J connectivity index is 1.52. The number of piperidine rings is 1. The summed E-state index contributed by atoms with van der Waals surface area (Å²) in [6.07, 6.45) is 1.73. The molecule has 1 aliphatic heterocycles. The van der Waals surface area contributed by atoms with Crippen molar-refractivity contribution in [1.82, 2.24) is 15.2 Å². The second kappa shape index (κ2) is 6.50. The van der Waals surface area contributed by atoms with Crippen LogP contribution >= 0.6 is 22.6 Å². The summed E-state index contributed by atoms with van der Waals surface area (Å²) in [5, 5.41) is 12.7. The van der Waals surface area contributed by atoms with Crippen LogP contribution in [0.4, 0.5) is 0 Å². The summed E-state index contributed by atoms with van der Waals surface area (Å²) in [6.45, 7) is 1.75. The van der Waals surface area contributed by atoms with Crippen molar-refractivity contribution in [2.75, 3.05) is 6.54 Å². The van der Waals surface area contributed by atoms with Gasteiger partial charge in [0.05, 0.1) is 23.7 Å². The average molecular weight is 460 g/mol. The first-order valence-corrected chi connectivity index (χ1v) is 9.61. The number of aryl methyl sites for hydroxylation is 1. The summed E-state index contributed by atoms with van der Waals surface area (Å²) in [7, 11) is 0. The minimum atomic E-state index is -0.353. The molecule has 1 aliphatic carbocycles. The lowest BCUT2D eigenvalue weighted by Gasteiger charge is -2.22. The lowest BCUT2D eigenvalue weighted by atomic mass is 10.1. The first-order chi connectivity index (χ1) is 12.5. The zero-order chi connectivity index (χ0) is 18.4. The molecule has 2 heterocycles. The number of carbonyl (C=O) groups excluding carboxylic acids is 2. The topological polar surface area (TPSA) is 86.1 Å². The molecule has 132 valence electrons. The van der Waals surface area contributed by atoms with Crippen LogP contribution in [0.1, 0.15) is 28.9 Å². The number of benzene rings is 1. The van der Waals surface area contributed by atoms with Gasteiger partial charge in [-0.15, -0.1) is 0 Å². The van der Waals surface area contributed by atoms with E-state index in [0.29, 0.717) is 11.5 Å². The van der Waals surface area contributed by atoms with E-state index in [9.17, 15) is 14.9 Å². The quantitative estimate of drug-likeness (QED) is 0.713. The van der Waals surface area contributed by atoms with Crippen molar-refractivity contribution in [3.05, 3.63) is 39.1 Å². The van der Waals surface area contributed by atoms with Crippen LogP contribution in [0.3, 0.4) is 0 Å². The third-order valence-electron chi connectivity index (χ3n) is 5.08. The van der Waals surface area contributed by atoms with Gasteiger partial charge in [-0.3, -0.25) is 14.6 Å². The van der Waals surface area contributed by atoms with Crippen LogP contribution in [-0.4, -0.2) is 40.3 Å². The fourth-order valence-corrected chi connectivity index (χ4v) is 4.28. The molecule has 0 unspecified atom stereocenters. The molecule has 1 aromatic carbocycles. The van der Waals surface area contributed by atoms with Crippen LogP contribution in [0.15, 0.2) is 24.3 Å². The van der Waals surface area contributed by atoms with E-state index in [2.05, 4.69) is 39.0 Å². The monoisotopic (exact) mass is 460 g/mol. The second-order valence-electron chi connectivity index (χ2n) is 6.90. The summed E-state index contributed by atoms with van der Waals surface area (Å²) < 4.78 is 1.01. The van der Waals surface area contributed by atoms with Gasteiger partial charge in [0.1, 0.15) is 6.04 Å². The van der Waals surface area contributed by atoms with Gasteiger partial charge in [-0.2, -0.15) is 5.26 Å². The number of amides is 2. The minimum Gasteiger partial charge on any atom is -0.343 e. The number of rotatable bonds is 3. The fraction of sp³-hybridized carbons (Fsp3) is 0.368. The Morgan fingerprint density at radius 1 is 1.38 bits per heavy atom. The second-order valence-corrected chi connectivity index (χ2v) is 8.15. The van der Waals surface area contributed by atoms with E-state index in [0.717, 1.165) is 33.0 Å². The van der Waals surface area contributed by atoms with Gasteiger partial charge >= 0.3 is 0 Å². The lowest BCUT2D eigenvalue weighted by molar-refractivity contribution is -0.131. The molecular weight excluding hydrogens is 443 g/mol. The molecule has 4 rings (SSSR count). The molecule has 1 N–H and O–H groups in total. The number of nitrogens with one attached hydrogen (secondary N) is 1. The van der Waals surface area contributed by atoms with Gasteiger partial charge in [0.2, 0.25) is 5.91 Å². The number of nitrogens with zero attached hydrogens (tertiary/aromatic N) is 3. The SMILES string of the molecule is Cc1cc(C(=O)NCC(=O)N2[C@H](C#N)C[C@@H]3C[C@@H]32)c2cc(I)ccc2n1. The highest BCUT2D eigenvalue weighted by Gasteiger charge is 2.53. The number of likely N-dealkylation sites (tertiary alicyclic amines) is 1. The van der Waals surface area contributed by atoms with Crippen molar-refractivity contribution in [3.8, 4) is 6.07 Å². The number of hydrogen-bond acceptors (Lipinski definition) is 4. The van der Waals surface area contributed by atoms with E-state index in [4.69, 9.17) is 0 Å². The molecule has 2 amide bonds. The van der Waals surface area contributed by atoms with Gasteiger partial charge in [0, 0.05) is 20.7 Å². The maximum Gasteiger partial charge on any atom is 0.252 e. The number of nitriles is 1. The summed E-state index contributed by atoms with van der Waals surface area (Å²) in [5.74, 6) is -0.0105. The van der Waals surface area contributed by atoms with Gasteiger partial charge in [-0.25, -0.2) is 0 Å². The Hall–Kier alpha value is -2.21.